The van der Waals surface area contributed by atoms with Crippen LogP contribution < -0.4 is 5.73 Å². The summed E-state index contributed by atoms with van der Waals surface area (Å²) in [5, 5.41) is 14.5. The van der Waals surface area contributed by atoms with Crippen LogP contribution in [0.1, 0.15) is 16.0 Å². The van der Waals surface area contributed by atoms with Crippen LogP contribution in [0.15, 0.2) is 22.7 Å². The molecule has 6 heteroatoms. The smallest absolute Gasteiger partial charge is 0.261 e. The number of nitrogens with zero attached hydrogens (tertiary/aromatic N) is 2. The predicted octanol–water partition coefficient (Wildman–Crippen LogP) is 3.68. The molecule has 0 radical (unpaired) electrons. The summed E-state index contributed by atoms with van der Waals surface area (Å²) in [5.41, 5.74) is 9.08. The molecule has 0 amide bonds. The SMILES string of the molecule is Cc1cc(-c2nc(-c3cc(C)c(O)c(C)c3)no2)c(N)s1. The van der Waals surface area contributed by atoms with Gasteiger partial charge in [0.1, 0.15) is 5.75 Å². The highest BCUT2D eigenvalue weighted by Gasteiger charge is 2.16. The summed E-state index contributed by atoms with van der Waals surface area (Å²) in [7, 11) is 0. The standard InChI is InChI=1S/C15H15N3O2S/c1-7-4-10(5-8(2)12(7)19)14-17-15(20-18-14)11-6-9(3)21-13(11)16/h4-6,19H,16H2,1-3H3. The number of benzene rings is 1. The van der Waals surface area contributed by atoms with E-state index in [1.165, 1.54) is 11.3 Å². The zero-order chi connectivity index (χ0) is 15.1. The molecule has 108 valence electrons. The molecule has 3 N–H and O–H groups in total. The van der Waals surface area contributed by atoms with E-state index in [-0.39, 0.29) is 0 Å². The van der Waals surface area contributed by atoms with Crippen molar-refractivity contribution in [3.05, 3.63) is 34.2 Å². The monoisotopic (exact) mass is 301 g/mol. The van der Waals surface area contributed by atoms with Gasteiger partial charge in [-0.3, -0.25) is 0 Å². The Labute approximate surface area is 126 Å². The Kier molecular flexibility index (Phi) is 3.17. The normalized spacial score (nSPS) is 11.0. The molecule has 21 heavy (non-hydrogen) atoms. The summed E-state index contributed by atoms with van der Waals surface area (Å²) >= 11 is 1.49. The van der Waals surface area contributed by atoms with Gasteiger partial charge in [0.2, 0.25) is 5.82 Å². The maximum Gasteiger partial charge on any atom is 0.261 e. The molecule has 0 saturated heterocycles. The number of aromatic hydroxyl groups is 1. The minimum absolute atomic E-state index is 0.292. The first-order chi connectivity index (χ1) is 9.95. The molecule has 0 spiro atoms. The lowest BCUT2D eigenvalue weighted by atomic mass is 10.1. The summed E-state index contributed by atoms with van der Waals surface area (Å²) in [6.07, 6.45) is 0. The van der Waals surface area contributed by atoms with Crippen molar-refractivity contribution in [3.63, 3.8) is 0 Å². The van der Waals surface area contributed by atoms with E-state index in [9.17, 15) is 5.11 Å². The number of anilines is 1. The van der Waals surface area contributed by atoms with Gasteiger partial charge in [0.05, 0.1) is 10.6 Å². The lowest BCUT2D eigenvalue weighted by Gasteiger charge is -2.04. The van der Waals surface area contributed by atoms with Gasteiger partial charge < -0.3 is 15.4 Å². The van der Waals surface area contributed by atoms with E-state index in [4.69, 9.17) is 10.3 Å². The molecule has 1 aromatic carbocycles. The average molecular weight is 301 g/mol. The molecule has 5 nitrogen and oxygen atoms in total. The maximum absolute atomic E-state index is 9.82. The first kappa shape index (κ1) is 13.6. The van der Waals surface area contributed by atoms with Gasteiger partial charge in [0, 0.05) is 10.4 Å². The Morgan fingerprint density at radius 2 is 1.81 bits per heavy atom. The van der Waals surface area contributed by atoms with E-state index in [1.807, 2.05) is 39.0 Å². The molecular weight excluding hydrogens is 286 g/mol. The van der Waals surface area contributed by atoms with E-state index in [0.717, 1.165) is 27.1 Å². The zero-order valence-electron chi connectivity index (χ0n) is 12.0. The second-order valence-electron chi connectivity index (χ2n) is 5.02. The maximum atomic E-state index is 9.82. The minimum Gasteiger partial charge on any atom is -0.507 e. The van der Waals surface area contributed by atoms with Gasteiger partial charge in [-0.1, -0.05) is 5.16 Å². The van der Waals surface area contributed by atoms with E-state index in [1.54, 1.807) is 0 Å². The molecule has 0 unspecified atom stereocenters. The van der Waals surface area contributed by atoms with Gasteiger partial charge >= 0.3 is 0 Å². The number of phenols is 1. The fourth-order valence-electron chi connectivity index (χ4n) is 2.23. The highest BCUT2D eigenvalue weighted by molar-refractivity contribution is 7.16. The third-order valence-corrected chi connectivity index (χ3v) is 4.17. The Hall–Kier alpha value is -2.34. The largest absolute Gasteiger partial charge is 0.507 e. The molecule has 0 aliphatic heterocycles. The Bertz CT molecular complexity index is 797. The second-order valence-corrected chi connectivity index (χ2v) is 6.30. The molecule has 0 saturated carbocycles. The number of aromatic nitrogens is 2. The number of hydrogen-bond donors (Lipinski definition) is 2. The third kappa shape index (κ3) is 2.38. The van der Waals surface area contributed by atoms with Crippen LogP contribution in [0.4, 0.5) is 5.00 Å². The molecule has 3 rings (SSSR count). The molecular formula is C15H15N3O2S. The van der Waals surface area contributed by atoms with Crippen molar-refractivity contribution in [1.29, 1.82) is 0 Å². The van der Waals surface area contributed by atoms with Crippen molar-refractivity contribution in [2.45, 2.75) is 20.8 Å². The number of rotatable bonds is 2. The molecule has 0 fully saturated rings. The summed E-state index contributed by atoms with van der Waals surface area (Å²) in [4.78, 5) is 5.50. The van der Waals surface area contributed by atoms with Crippen LogP contribution >= 0.6 is 11.3 Å². The van der Waals surface area contributed by atoms with Crippen molar-refractivity contribution < 1.29 is 9.63 Å². The molecule has 0 aliphatic carbocycles. The molecule has 0 bridgehead atoms. The molecule has 2 heterocycles. The van der Waals surface area contributed by atoms with Crippen LogP contribution in [0.25, 0.3) is 22.8 Å². The highest BCUT2D eigenvalue weighted by atomic mass is 32.1. The van der Waals surface area contributed by atoms with E-state index in [2.05, 4.69) is 10.1 Å². The number of hydrogen-bond acceptors (Lipinski definition) is 6. The lowest BCUT2D eigenvalue weighted by Crippen LogP contribution is -1.87. The first-order valence-electron chi connectivity index (χ1n) is 6.46. The topological polar surface area (TPSA) is 85.2 Å². The van der Waals surface area contributed by atoms with Gasteiger partial charge in [0.15, 0.2) is 0 Å². The van der Waals surface area contributed by atoms with Gasteiger partial charge in [-0.25, -0.2) is 0 Å². The molecule has 3 aromatic rings. The van der Waals surface area contributed by atoms with Crippen molar-refractivity contribution in [3.8, 4) is 28.6 Å². The van der Waals surface area contributed by atoms with Crippen LogP contribution in [-0.2, 0) is 0 Å². The van der Waals surface area contributed by atoms with Gasteiger partial charge in [-0.2, -0.15) is 4.98 Å². The first-order valence-corrected chi connectivity index (χ1v) is 7.28. The van der Waals surface area contributed by atoms with Crippen molar-refractivity contribution in [2.24, 2.45) is 0 Å². The number of phenolic OH excluding ortho intramolecular Hbond substituents is 1. The van der Waals surface area contributed by atoms with Crippen LogP contribution in [0.3, 0.4) is 0 Å². The Morgan fingerprint density at radius 1 is 1.14 bits per heavy atom. The summed E-state index contributed by atoms with van der Waals surface area (Å²) in [5.74, 6) is 1.19. The lowest BCUT2D eigenvalue weighted by molar-refractivity contribution is 0.432. The molecule has 2 aromatic heterocycles. The average Bonchev–Trinajstić information content (AvgIpc) is 3.02. The fourth-order valence-corrected chi connectivity index (χ4v) is 3.01. The number of nitrogen functional groups attached to an aromatic ring is 1. The highest BCUT2D eigenvalue weighted by Crippen LogP contribution is 2.34. The quantitative estimate of drug-likeness (QED) is 0.754. The van der Waals surface area contributed by atoms with Crippen LogP contribution in [0.5, 0.6) is 5.75 Å². The summed E-state index contributed by atoms with van der Waals surface area (Å²) in [6, 6.07) is 5.60. The van der Waals surface area contributed by atoms with Crippen molar-refractivity contribution in [1.82, 2.24) is 10.1 Å². The van der Waals surface area contributed by atoms with Crippen LogP contribution in [-0.4, -0.2) is 15.2 Å². The summed E-state index contributed by atoms with van der Waals surface area (Å²) in [6.45, 7) is 5.66. The number of nitrogens with two attached hydrogens (primary N) is 1. The van der Waals surface area contributed by atoms with Gasteiger partial charge in [-0.15, -0.1) is 11.3 Å². The summed E-state index contributed by atoms with van der Waals surface area (Å²) < 4.78 is 5.31. The van der Waals surface area contributed by atoms with E-state index in [0.29, 0.717) is 22.5 Å². The van der Waals surface area contributed by atoms with Crippen LogP contribution in [0, 0.1) is 20.8 Å². The number of thiophene rings is 1. The van der Waals surface area contributed by atoms with Gasteiger partial charge in [0.25, 0.3) is 5.89 Å². The molecule has 0 atom stereocenters. The van der Waals surface area contributed by atoms with E-state index < -0.39 is 0 Å². The fraction of sp³-hybridized carbons (Fsp3) is 0.200. The van der Waals surface area contributed by atoms with Crippen LogP contribution in [0.2, 0.25) is 0 Å². The molecule has 0 aliphatic rings. The van der Waals surface area contributed by atoms with Crippen molar-refractivity contribution in [2.75, 3.05) is 5.73 Å². The van der Waals surface area contributed by atoms with E-state index >= 15 is 0 Å². The van der Waals surface area contributed by atoms with Gasteiger partial charge in [-0.05, 0) is 50.1 Å². The number of aryl methyl sites for hydroxylation is 3. The Morgan fingerprint density at radius 3 is 2.38 bits per heavy atom. The van der Waals surface area contributed by atoms with Crippen molar-refractivity contribution >= 4 is 16.3 Å². The zero-order valence-corrected chi connectivity index (χ0v) is 12.8. The second kappa shape index (κ2) is 4.89. The third-order valence-electron chi connectivity index (χ3n) is 3.29. The predicted molar refractivity (Wildman–Crippen MR) is 83.3 cm³/mol. The minimum atomic E-state index is 0.292. The Balaban J connectivity index is 2.04.